The molecule has 2 fully saturated rings. The van der Waals surface area contributed by atoms with Gasteiger partial charge in [-0.2, -0.15) is 0 Å². The molecular weight excluding hydrogens is 234 g/mol. The van der Waals surface area contributed by atoms with Gasteiger partial charge in [-0.25, -0.2) is 0 Å². The maximum atomic E-state index is 12.0. The standard InChI is InChI=1S/C12H21N3OS/c1-9(15-6-2-3-7-15)8-14-11(16)12(4-5-12)10(13)17/h9H,2-8H2,1H3,(H2,13,17)(H,14,16). The molecular formula is C12H21N3OS. The molecule has 1 saturated carbocycles. The zero-order valence-electron chi connectivity index (χ0n) is 10.4. The fraction of sp³-hybridized carbons (Fsp3) is 0.833. The average molecular weight is 255 g/mol. The van der Waals surface area contributed by atoms with E-state index >= 15 is 0 Å². The van der Waals surface area contributed by atoms with E-state index in [4.69, 9.17) is 18.0 Å². The molecule has 1 atom stereocenters. The van der Waals surface area contributed by atoms with Crippen LogP contribution in [-0.2, 0) is 4.79 Å². The number of likely N-dealkylation sites (tertiary alicyclic amines) is 1. The van der Waals surface area contributed by atoms with Crippen LogP contribution in [0.25, 0.3) is 0 Å². The Morgan fingerprint density at radius 3 is 2.53 bits per heavy atom. The highest BCUT2D eigenvalue weighted by molar-refractivity contribution is 7.80. The number of nitrogens with zero attached hydrogens (tertiary/aromatic N) is 1. The number of hydrogen-bond acceptors (Lipinski definition) is 3. The van der Waals surface area contributed by atoms with E-state index in [1.807, 2.05) is 0 Å². The van der Waals surface area contributed by atoms with Gasteiger partial charge in [0.15, 0.2) is 0 Å². The van der Waals surface area contributed by atoms with Crippen LogP contribution in [0.5, 0.6) is 0 Å². The molecule has 5 heteroatoms. The van der Waals surface area contributed by atoms with Gasteiger partial charge in [-0.15, -0.1) is 0 Å². The van der Waals surface area contributed by atoms with Crippen molar-refractivity contribution >= 4 is 23.1 Å². The number of nitrogens with two attached hydrogens (primary N) is 1. The second-order valence-electron chi connectivity index (χ2n) is 5.25. The Balaban J connectivity index is 1.78. The molecule has 96 valence electrons. The van der Waals surface area contributed by atoms with Crippen LogP contribution in [0.4, 0.5) is 0 Å². The predicted molar refractivity (Wildman–Crippen MR) is 71.7 cm³/mol. The molecule has 1 aliphatic heterocycles. The number of hydrogen-bond donors (Lipinski definition) is 2. The second-order valence-corrected chi connectivity index (χ2v) is 5.69. The normalized spacial score (nSPS) is 24.3. The van der Waals surface area contributed by atoms with Crippen LogP contribution in [-0.4, -0.2) is 41.5 Å². The Labute approximate surface area is 108 Å². The van der Waals surface area contributed by atoms with Gasteiger partial charge in [0.1, 0.15) is 0 Å². The van der Waals surface area contributed by atoms with E-state index < -0.39 is 5.41 Å². The van der Waals surface area contributed by atoms with E-state index in [1.54, 1.807) is 0 Å². The molecule has 3 N–H and O–H groups in total. The van der Waals surface area contributed by atoms with Crippen LogP contribution in [0.15, 0.2) is 0 Å². The number of amides is 1. The molecule has 1 saturated heterocycles. The summed E-state index contributed by atoms with van der Waals surface area (Å²) in [4.78, 5) is 14.8. The summed E-state index contributed by atoms with van der Waals surface area (Å²) in [6.07, 6.45) is 4.17. The first-order valence-electron chi connectivity index (χ1n) is 6.38. The largest absolute Gasteiger partial charge is 0.392 e. The van der Waals surface area contributed by atoms with E-state index in [0.29, 0.717) is 17.6 Å². The van der Waals surface area contributed by atoms with E-state index in [2.05, 4.69) is 17.1 Å². The lowest BCUT2D eigenvalue weighted by Crippen LogP contribution is -2.45. The molecule has 0 spiro atoms. The van der Waals surface area contributed by atoms with Crippen LogP contribution >= 0.6 is 12.2 Å². The van der Waals surface area contributed by atoms with Crippen molar-refractivity contribution in [1.82, 2.24) is 10.2 Å². The van der Waals surface area contributed by atoms with Gasteiger partial charge in [0.25, 0.3) is 0 Å². The third kappa shape index (κ3) is 2.60. The van der Waals surface area contributed by atoms with Gasteiger partial charge in [-0.1, -0.05) is 12.2 Å². The summed E-state index contributed by atoms with van der Waals surface area (Å²) in [5.41, 5.74) is 5.11. The summed E-state index contributed by atoms with van der Waals surface area (Å²) in [6.45, 7) is 5.16. The number of nitrogens with one attached hydrogen (secondary N) is 1. The van der Waals surface area contributed by atoms with Crippen molar-refractivity contribution in [3.8, 4) is 0 Å². The molecule has 2 rings (SSSR count). The van der Waals surface area contributed by atoms with Gasteiger partial charge < -0.3 is 11.1 Å². The van der Waals surface area contributed by atoms with Crippen molar-refractivity contribution in [1.29, 1.82) is 0 Å². The summed E-state index contributed by atoms with van der Waals surface area (Å²) in [6, 6.07) is 0.406. The molecule has 1 heterocycles. The Bertz CT molecular complexity index is 322. The zero-order valence-corrected chi connectivity index (χ0v) is 11.2. The highest BCUT2D eigenvalue weighted by atomic mass is 32.1. The number of rotatable bonds is 5. The van der Waals surface area contributed by atoms with Crippen molar-refractivity contribution in [3.63, 3.8) is 0 Å². The molecule has 0 aromatic carbocycles. The van der Waals surface area contributed by atoms with Gasteiger partial charge in [0, 0.05) is 12.6 Å². The monoisotopic (exact) mass is 255 g/mol. The fourth-order valence-corrected chi connectivity index (χ4v) is 2.73. The summed E-state index contributed by atoms with van der Waals surface area (Å²) >= 11 is 4.96. The molecule has 0 bridgehead atoms. The number of carbonyl (C=O) groups excluding carboxylic acids is 1. The molecule has 0 radical (unpaired) electrons. The highest BCUT2D eigenvalue weighted by Gasteiger charge is 2.52. The fourth-order valence-electron chi connectivity index (χ4n) is 2.43. The van der Waals surface area contributed by atoms with Crippen LogP contribution in [0.1, 0.15) is 32.6 Å². The van der Waals surface area contributed by atoms with Crippen molar-refractivity contribution < 1.29 is 4.79 Å². The highest BCUT2D eigenvalue weighted by Crippen LogP contribution is 2.46. The first-order chi connectivity index (χ1) is 8.06. The molecule has 2 aliphatic rings. The zero-order chi connectivity index (χ0) is 12.5. The van der Waals surface area contributed by atoms with Crippen molar-refractivity contribution in [2.75, 3.05) is 19.6 Å². The number of thiocarbonyl (C=S) groups is 1. The Hall–Kier alpha value is -0.680. The Morgan fingerprint density at radius 2 is 2.06 bits per heavy atom. The van der Waals surface area contributed by atoms with Crippen LogP contribution < -0.4 is 11.1 Å². The molecule has 0 aromatic rings. The third-order valence-electron chi connectivity index (χ3n) is 3.98. The van der Waals surface area contributed by atoms with Gasteiger partial charge in [-0.3, -0.25) is 9.69 Å². The van der Waals surface area contributed by atoms with Crippen LogP contribution in [0.3, 0.4) is 0 Å². The van der Waals surface area contributed by atoms with E-state index in [9.17, 15) is 4.79 Å². The van der Waals surface area contributed by atoms with Crippen molar-refractivity contribution in [2.24, 2.45) is 11.1 Å². The SMILES string of the molecule is CC(CNC(=O)C1(C(N)=S)CC1)N1CCCC1. The molecule has 1 unspecified atom stereocenters. The smallest absolute Gasteiger partial charge is 0.233 e. The molecule has 1 amide bonds. The lowest BCUT2D eigenvalue weighted by molar-refractivity contribution is -0.124. The molecule has 1 aliphatic carbocycles. The topological polar surface area (TPSA) is 58.4 Å². The summed E-state index contributed by atoms with van der Waals surface area (Å²) in [5, 5.41) is 3.00. The van der Waals surface area contributed by atoms with Crippen LogP contribution in [0.2, 0.25) is 0 Å². The van der Waals surface area contributed by atoms with Gasteiger partial charge in [0.05, 0.1) is 10.4 Å². The Kier molecular flexibility index (Phi) is 3.68. The summed E-state index contributed by atoms with van der Waals surface area (Å²) in [5.74, 6) is 0.0241. The molecule has 4 nitrogen and oxygen atoms in total. The lowest BCUT2D eigenvalue weighted by Gasteiger charge is -2.24. The second kappa shape index (κ2) is 4.90. The van der Waals surface area contributed by atoms with Crippen molar-refractivity contribution in [2.45, 2.75) is 38.6 Å². The lowest BCUT2D eigenvalue weighted by atomic mass is 10.1. The summed E-state index contributed by atoms with van der Waals surface area (Å²) < 4.78 is 0. The Morgan fingerprint density at radius 1 is 1.47 bits per heavy atom. The van der Waals surface area contributed by atoms with Gasteiger partial charge >= 0.3 is 0 Å². The van der Waals surface area contributed by atoms with Crippen molar-refractivity contribution in [3.05, 3.63) is 0 Å². The average Bonchev–Trinajstić information content (AvgIpc) is 2.94. The molecule has 17 heavy (non-hydrogen) atoms. The van der Waals surface area contributed by atoms with Crippen LogP contribution in [0, 0.1) is 5.41 Å². The third-order valence-corrected chi connectivity index (χ3v) is 4.37. The van der Waals surface area contributed by atoms with Gasteiger partial charge in [0.2, 0.25) is 5.91 Å². The van der Waals surface area contributed by atoms with Gasteiger partial charge in [-0.05, 0) is 45.7 Å². The number of carbonyl (C=O) groups is 1. The predicted octanol–water partition coefficient (Wildman–Crippen LogP) is 0.653. The first-order valence-corrected chi connectivity index (χ1v) is 6.79. The quantitative estimate of drug-likeness (QED) is 0.708. The van der Waals surface area contributed by atoms with E-state index in [1.165, 1.54) is 12.8 Å². The summed E-state index contributed by atoms with van der Waals surface area (Å²) in [7, 11) is 0. The van der Waals surface area contributed by atoms with E-state index in [0.717, 1.165) is 25.9 Å². The minimum atomic E-state index is -0.514. The maximum Gasteiger partial charge on any atom is 0.233 e. The minimum Gasteiger partial charge on any atom is -0.392 e. The maximum absolute atomic E-state index is 12.0. The molecule has 0 aromatic heterocycles. The minimum absolute atomic E-state index is 0.0241. The first kappa shape index (κ1) is 12.8. The van der Waals surface area contributed by atoms with E-state index in [-0.39, 0.29) is 5.91 Å².